The summed E-state index contributed by atoms with van der Waals surface area (Å²) in [7, 11) is 0. The summed E-state index contributed by atoms with van der Waals surface area (Å²) in [5.41, 5.74) is 0.938. The molecule has 0 aliphatic heterocycles. The highest BCUT2D eigenvalue weighted by molar-refractivity contribution is 6.30. The molecule has 0 fully saturated rings. The Morgan fingerprint density at radius 3 is 2.85 bits per heavy atom. The van der Waals surface area contributed by atoms with E-state index in [0.717, 1.165) is 5.56 Å². The summed E-state index contributed by atoms with van der Waals surface area (Å²) in [5, 5.41) is 4.50. The van der Waals surface area contributed by atoms with Crippen LogP contribution in [0.3, 0.4) is 0 Å². The predicted octanol–water partition coefficient (Wildman–Crippen LogP) is 3.10. The van der Waals surface area contributed by atoms with Crippen molar-refractivity contribution in [3.8, 4) is 0 Å². The van der Waals surface area contributed by atoms with Gasteiger partial charge in [-0.25, -0.2) is 0 Å². The standard InChI is InChI=1S/C10H12ClNO/c1-8(2)13-12-7-9-4-3-5-10(11)6-9/h3-8H,1-2H3. The van der Waals surface area contributed by atoms with Crippen LogP contribution < -0.4 is 0 Å². The lowest BCUT2D eigenvalue weighted by atomic mass is 10.2. The Morgan fingerprint density at radius 1 is 1.46 bits per heavy atom. The first-order valence-corrected chi connectivity index (χ1v) is 4.51. The Labute approximate surface area is 83.2 Å². The lowest BCUT2D eigenvalue weighted by Gasteiger charge is -2.00. The van der Waals surface area contributed by atoms with Crippen molar-refractivity contribution < 1.29 is 4.84 Å². The van der Waals surface area contributed by atoms with Gasteiger partial charge < -0.3 is 4.84 Å². The molecule has 0 saturated heterocycles. The van der Waals surface area contributed by atoms with Crippen molar-refractivity contribution in [3.05, 3.63) is 34.9 Å². The zero-order valence-corrected chi connectivity index (χ0v) is 8.45. The summed E-state index contributed by atoms with van der Waals surface area (Å²) >= 11 is 5.78. The largest absolute Gasteiger partial charge is 0.393 e. The van der Waals surface area contributed by atoms with Crippen LogP contribution in [0.5, 0.6) is 0 Å². The lowest BCUT2D eigenvalue weighted by Crippen LogP contribution is -1.95. The SMILES string of the molecule is CC(C)ON=Cc1cccc(Cl)c1. The quantitative estimate of drug-likeness (QED) is 0.539. The van der Waals surface area contributed by atoms with Crippen molar-refractivity contribution in [2.75, 3.05) is 0 Å². The van der Waals surface area contributed by atoms with E-state index in [4.69, 9.17) is 16.4 Å². The highest BCUT2D eigenvalue weighted by Crippen LogP contribution is 2.08. The monoisotopic (exact) mass is 197 g/mol. The molecular weight excluding hydrogens is 186 g/mol. The molecule has 2 nitrogen and oxygen atoms in total. The zero-order valence-electron chi connectivity index (χ0n) is 7.70. The molecular formula is C10H12ClNO. The molecule has 0 aliphatic carbocycles. The summed E-state index contributed by atoms with van der Waals surface area (Å²) in [5.74, 6) is 0. The highest BCUT2D eigenvalue weighted by atomic mass is 35.5. The third-order valence-electron chi connectivity index (χ3n) is 1.32. The van der Waals surface area contributed by atoms with Crippen molar-refractivity contribution in [2.45, 2.75) is 20.0 Å². The normalized spacial score (nSPS) is 11.1. The number of rotatable bonds is 3. The molecule has 0 N–H and O–H groups in total. The minimum Gasteiger partial charge on any atom is -0.393 e. The van der Waals surface area contributed by atoms with Gasteiger partial charge in [0.15, 0.2) is 0 Å². The van der Waals surface area contributed by atoms with E-state index in [9.17, 15) is 0 Å². The highest BCUT2D eigenvalue weighted by Gasteiger charge is 1.91. The van der Waals surface area contributed by atoms with Crippen LogP contribution in [0, 0.1) is 0 Å². The molecule has 0 spiro atoms. The van der Waals surface area contributed by atoms with Gasteiger partial charge >= 0.3 is 0 Å². The van der Waals surface area contributed by atoms with Gasteiger partial charge in [-0.05, 0) is 31.5 Å². The van der Waals surface area contributed by atoms with Gasteiger partial charge in [-0.2, -0.15) is 0 Å². The molecule has 0 aromatic heterocycles. The van der Waals surface area contributed by atoms with Gasteiger partial charge in [-0.3, -0.25) is 0 Å². The van der Waals surface area contributed by atoms with E-state index in [0.29, 0.717) is 5.02 Å². The van der Waals surface area contributed by atoms with Crippen molar-refractivity contribution in [1.82, 2.24) is 0 Å². The maximum Gasteiger partial charge on any atom is 0.122 e. The fourth-order valence-electron chi connectivity index (χ4n) is 0.800. The van der Waals surface area contributed by atoms with E-state index in [1.807, 2.05) is 38.1 Å². The number of halogens is 1. The van der Waals surface area contributed by atoms with Crippen LogP contribution in [-0.2, 0) is 4.84 Å². The first kappa shape index (κ1) is 10.1. The van der Waals surface area contributed by atoms with Gasteiger partial charge in [0.25, 0.3) is 0 Å². The predicted molar refractivity (Wildman–Crippen MR) is 55.3 cm³/mol. The van der Waals surface area contributed by atoms with Gasteiger partial charge in [-0.15, -0.1) is 0 Å². The minimum absolute atomic E-state index is 0.107. The molecule has 0 saturated carbocycles. The van der Waals surface area contributed by atoms with Crippen LogP contribution in [0.15, 0.2) is 29.4 Å². The summed E-state index contributed by atoms with van der Waals surface area (Å²) in [6, 6.07) is 7.44. The Hall–Kier alpha value is -1.02. The molecule has 0 amide bonds. The average molecular weight is 198 g/mol. The van der Waals surface area contributed by atoms with Gasteiger partial charge in [0.05, 0.1) is 6.21 Å². The van der Waals surface area contributed by atoms with Crippen LogP contribution in [0.25, 0.3) is 0 Å². The van der Waals surface area contributed by atoms with E-state index in [-0.39, 0.29) is 6.10 Å². The molecule has 0 unspecified atom stereocenters. The lowest BCUT2D eigenvalue weighted by molar-refractivity contribution is 0.0874. The van der Waals surface area contributed by atoms with Gasteiger partial charge in [-0.1, -0.05) is 28.9 Å². The minimum atomic E-state index is 0.107. The molecule has 0 bridgehead atoms. The van der Waals surface area contributed by atoms with Crippen molar-refractivity contribution in [1.29, 1.82) is 0 Å². The van der Waals surface area contributed by atoms with Gasteiger partial charge in [0, 0.05) is 5.02 Å². The second kappa shape index (κ2) is 4.87. The topological polar surface area (TPSA) is 21.6 Å². The molecule has 0 atom stereocenters. The number of nitrogens with zero attached hydrogens (tertiary/aromatic N) is 1. The molecule has 1 aromatic carbocycles. The van der Waals surface area contributed by atoms with Gasteiger partial charge in [0.1, 0.15) is 6.10 Å². The van der Waals surface area contributed by atoms with E-state index in [1.54, 1.807) is 6.21 Å². The second-order valence-corrected chi connectivity index (χ2v) is 3.38. The molecule has 70 valence electrons. The maximum absolute atomic E-state index is 5.78. The number of oxime groups is 1. The molecule has 13 heavy (non-hydrogen) atoms. The zero-order chi connectivity index (χ0) is 9.68. The van der Waals surface area contributed by atoms with Gasteiger partial charge in [0.2, 0.25) is 0 Å². The fraction of sp³-hybridized carbons (Fsp3) is 0.300. The third-order valence-corrected chi connectivity index (χ3v) is 1.56. The Morgan fingerprint density at radius 2 is 2.23 bits per heavy atom. The maximum atomic E-state index is 5.78. The van der Waals surface area contributed by atoms with Crippen LogP contribution in [0.1, 0.15) is 19.4 Å². The van der Waals surface area contributed by atoms with Crippen LogP contribution in [0.2, 0.25) is 5.02 Å². The fourth-order valence-corrected chi connectivity index (χ4v) is 0.999. The van der Waals surface area contributed by atoms with E-state index < -0.39 is 0 Å². The van der Waals surface area contributed by atoms with E-state index in [2.05, 4.69) is 5.16 Å². The Bertz CT molecular complexity index is 297. The number of hydrogen-bond acceptors (Lipinski definition) is 2. The summed E-state index contributed by atoms with van der Waals surface area (Å²) in [6.45, 7) is 3.85. The Balaban J connectivity index is 2.58. The number of benzene rings is 1. The molecule has 0 heterocycles. The van der Waals surface area contributed by atoms with E-state index >= 15 is 0 Å². The number of hydrogen-bond donors (Lipinski definition) is 0. The van der Waals surface area contributed by atoms with E-state index in [1.165, 1.54) is 0 Å². The summed E-state index contributed by atoms with van der Waals surface area (Å²) in [4.78, 5) is 5.01. The molecule has 0 aliphatic rings. The summed E-state index contributed by atoms with van der Waals surface area (Å²) in [6.07, 6.45) is 1.75. The third kappa shape index (κ3) is 3.95. The molecule has 0 radical (unpaired) electrons. The van der Waals surface area contributed by atoms with Crippen molar-refractivity contribution >= 4 is 17.8 Å². The first-order valence-electron chi connectivity index (χ1n) is 4.13. The van der Waals surface area contributed by atoms with Crippen LogP contribution in [-0.4, -0.2) is 12.3 Å². The van der Waals surface area contributed by atoms with Crippen LogP contribution in [0.4, 0.5) is 0 Å². The summed E-state index contributed by atoms with van der Waals surface area (Å²) < 4.78 is 0. The average Bonchev–Trinajstić information content (AvgIpc) is 2.03. The van der Waals surface area contributed by atoms with Crippen molar-refractivity contribution in [2.24, 2.45) is 5.16 Å². The van der Waals surface area contributed by atoms with Crippen molar-refractivity contribution in [3.63, 3.8) is 0 Å². The molecule has 1 rings (SSSR count). The molecule has 3 heteroatoms. The smallest absolute Gasteiger partial charge is 0.122 e. The molecule has 1 aromatic rings. The first-order chi connectivity index (χ1) is 6.18. The second-order valence-electron chi connectivity index (χ2n) is 2.94. The Kier molecular flexibility index (Phi) is 3.77. The van der Waals surface area contributed by atoms with Crippen LogP contribution >= 0.6 is 11.6 Å².